The molecule has 0 aliphatic carbocycles. The zero-order valence-electron chi connectivity index (χ0n) is 9.70. The minimum absolute atomic E-state index is 1.01. The number of aryl methyl sites for hydroxylation is 1. The van der Waals surface area contributed by atoms with Crippen LogP contribution in [0, 0.1) is 0 Å². The summed E-state index contributed by atoms with van der Waals surface area (Å²) in [5.74, 6) is 0. The van der Waals surface area contributed by atoms with Crippen molar-refractivity contribution >= 4 is 21.6 Å². The molecule has 17 heavy (non-hydrogen) atoms. The fourth-order valence-corrected chi connectivity index (χ4v) is 2.22. The summed E-state index contributed by atoms with van der Waals surface area (Å²) in [4.78, 5) is 0. The van der Waals surface area contributed by atoms with Crippen molar-refractivity contribution in [3.63, 3.8) is 0 Å². The van der Waals surface area contributed by atoms with E-state index >= 15 is 0 Å². The predicted octanol–water partition coefficient (Wildman–Crippen LogP) is 4.49. The number of anilines is 1. The Labute approximate surface area is 111 Å². The van der Waals surface area contributed by atoms with Crippen molar-refractivity contribution in [1.29, 1.82) is 0 Å². The van der Waals surface area contributed by atoms with E-state index in [2.05, 4.69) is 69.8 Å². The van der Waals surface area contributed by atoms with E-state index in [4.69, 9.17) is 0 Å². The third-order valence-corrected chi connectivity index (χ3v) is 3.13. The molecule has 0 unspecified atom stereocenters. The minimum Gasteiger partial charge on any atom is -0.385 e. The highest BCUT2D eigenvalue weighted by atomic mass is 79.9. The summed E-state index contributed by atoms with van der Waals surface area (Å²) in [6, 6.07) is 18.8. The van der Waals surface area contributed by atoms with Crippen LogP contribution < -0.4 is 5.32 Å². The van der Waals surface area contributed by atoms with Gasteiger partial charge in [-0.25, -0.2) is 0 Å². The highest BCUT2D eigenvalue weighted by Gasteiger charge is 1.94. The highest BCUT2D eigenvalue weighted by molar-refractivity contribution is 9.10. The average Bonchev–Trinajstić information content (AvgIpc) is 2.36. The van der Waals surface area contributed by atoms with E-state index in [0.29, 0.717) is 0 Å². The third kappa shape index (κ3) is 4.23. The van der Waals surface area contributed by atoms with Crippen LogP contribution in [0.15, 0.2) is 59.1 Å². The summed E-state index contributed by atoms with van der Waals surface area (Å²) in [5.41, 5.74) is 2.58. The van der Waals surface area contributed by atoms with Crippen LogP contribution in [0.3, 0.4) is 0 Å². The molecule has 0 radical (unpaired) electrons. The van der Waals surface area contributed by atoms with Crippen molar-refractivity contribution in [3.8, 4) is 0 Å². The highest BCUT2D eigenvalue weighted by Crippen LogP contribution is 2.13. The normalized spacial score (nSPS) is 10.2. The maximum absolute atomic E-state index is 3.49. The van der Waals surface area contributed by atoms with E-state index in [-0.39, 0.29) is 0 Å². The first-order valence-electron chi connectivity index (χ1n) is 5.88. The number of nitrogens with one attached hydrogen (secondary N) is 1. The summed E-state index contributed by atoms with van der Waals surface area (Å²) in [6.45, 7) is 1.01. The maximum atomic E-state index is 3.49. The summed E-state index contributed by atoms with van der Waals surface area (Å²) in [7, 11) is 0. The third-order valence-electron chi connectivity index (χ3n) is 2.63. The molecule has 1 nitrogen and oxygen atoms in total. The second-order valence-corrected chi connectivity index (χ2v) is 4.94. The Bertz CT molecular complexity index is 453. The second-order valence-electron chi connectivity index (χ2n) is 4.03. The van der Waals surface area contributed by atoms with Gasteiger partial charge in [0.2, 0.25) is 0 Å². The fourth-order valence-electron chi connectivity index (χ4n) is 1.77. The first-order valence-corrected chi connectivity index (χ1v) is 6.67. The molecule has 2 aromatic carbocycles. The Morgan fingerprint density at radius 3 is 2.53 bits per heavy atom. The first-order chi connectivity index (χ1) is 8.34. The topological polar surface area (TPSA) is 12.0 Å². The number of benzene rings is 2. The van der Waals surface area contributed by atoms with Crippen LogP contribution in [0.4, 0.5) is 5.69 Å². The van der Waals surface area contributed by atoms with Gasteiger partial charge in [0.25, 0.3) is 0 Å². The quantitative estimate of drug-likeness (QED) is 0.800. The van der Waals surface area contributed by atoms with Gasteiger partial charge in [0.15, 0.2) is 0 Å². The number of para-hydroxylation sites is 1. The predicted molar refractivity (Wildman–Crippen MR) is 77.4 cm³/mol. The zero-order valence-corrected chi connectivity index (χ0v) is 11.3. The van der Waals surface area contributed by atoms with Crippen molar-refractivity contribution in [2.75, 3.05) is 11.9 Å². The van der Waals surface area contributed by atoms with E-state index in [1.807, 2.05) is 6.07 Å². The molecule has 0 amide bonds. The van der Waals surface area contributed by atoms with Gasteiger partial charge in [0.1, 0.15) is 0 Å². The molecular weight excluding hydrogens is 274 g/mol. The largest absolute Gasteiger partial charge is 0.385 e. The van der Waals surface area contributed by atoms with E-state index in [9.17, 15) is 0 Å². The Balaban J connectivity index is 1.73. The van der Waals surface area contributed by atoms with Crippen molar-refractivity contribution < 1.29 is 0 Å². The van der Waals surface area contributed by atoms with Crippen LogP contribution >= 0.6 is 15.9 Å². The van der Waals surface area contributed by atoms with Crippen LogP contribution in [0.2, 0.25) is 0 Å². The lowest BCUT2D eigenvalue weighted by atomic mass is 10.1. The maximum Gasteiger partial charge on any atom is 0.0340 e. The molecule has 0 aliphatic heterocycles. The van der Waals surface area contributed by atoms with Crippen LogP contribution in [0.25, 0.3) is 0 Å². The van der Waals surface area contributed by atoms with Crippen LogP contribution in [-0.2, 0) is 6.42 Å². The molecule has 0 aliphatic rings. The monoisotopic (exact) mass is 289 g/mol. The van der Waals surface area contributed by atoms with Crippen LogP contribution in [0.5, 0.6) is 0 Å². The Morgan fingerprint density at radius 2 is 1.76 bits per heavy atom. The molecule has 0 atom stereocenters. The van der Waals surface area contributed by atoms with Crippen LogP contribution in [-0.4, -0.2) is 6.54 Å². The van der Waals surface area contributed by atoms with E-state index in [0.717, 1.165) is 23.9 Å². The lowest BCUT2D eigenvalue weighted by Gasteiger charge is -2.06. The molecule has 0 saturated heterocycles. The minimum atomic E-state index is 1.01. The Hall–Kier alpha value is -1.28. The van der Waals surface area contributed by atoms with Gasteiger partial charge in [-0.05, 0) is 42.7 Å². The van der Waals surface area contributed by atoms with Gasteiger partial charge in [0, 0.05) is 16.7 Å². The molecule has 0 aromatic heterocycles. The molecule has 0 heterocycles. The fraction of sp³-hybridized carbons (Fsp3) is 0.200. The Kier molecular flexibility index (Phi) is 4.63. The molecule has 0 saturated carbocycles. The van der Waals surface area contributed by atoms with Crippen molar-refractivity contribution in [1.82, 2.24) is 0 Å². The van der Waals surface area contributed by atoms with Gasteiger partial charge >= 0.3 is 0 Å². The molecule has 2 rings (SSSR count). The van der Waals surface area contributed by atoms with E-state index < -0.39 is 0 Å². The molecular formula is C15H16BrN. The van der Waals surface area contributed by atoms with Crippen LogP contribution in [0.1, 0.15) is 12.0 Å². The number of hydrogen-bond acceptors (Lipinski definition) is 1. The molecule has 2 aromatic rings. The smallest absolute Gasteiger partial charge is 0.0340 e. The molecule has 0 fully saturated rings. The standard InChI is InChI=1S/C15H16BrN/c16-14-8-4-6-13(12-14)7-5-11-17-15-9-2-1-3-10-15/h1-4,6,8-10,12,17H,5,7,11H2. The van der Waals surface area contributed by atoms with Crippen molar-refractivity contribution in [3.05, 3.63) is 64.6 Å². The van der Waals surface area contributed by atoms with E-state index in [1.54, 1.807) is 0 Å². The summed E-state index contributed by atoms with van der Waals surface area (Å²) < 4.78 is 1.16. The number of rotatable bonds is 5. The van der Waals surface area contributed by atoms with Gasteiger partial charge in [-0.1, -0.05) is 46.3 Å². The summed E-state index contributed by atoms with van der Waals surface area (Å²) >= 11 is 3.49. The van der Waals surface area contributed by atoms with Gasteiger partial charge < -0.3 is 5.32 Å². The lowest BCUT2D eigenvalue weighted by Crippen LogP contribution is -2.02. The molecule has 88 valence electrons. The number of halogens is 1. The summed E-state index contributed by atoms with van der Waals surface area (Å²) in [5, 5.41) is 3.42. The van der Waals surface area contributed by atoms with Crippen molar-refractivity contribution in [2.24, 2.45) is 0 Å². The van der Waals surface area contributed by atoms with E-state index in [1.165, 1.54) is 11.3 Å². The molecule has 1 N–H and O–H groups in total. The van der Waals surface area contributed by atoms with Gasteiger partial charge in [-0.2, -0.15) is 0 Å². The average molecular weight is 290 g/mol. The van der Waals surface area contributed by atoms with Gasteiger partial charge in [0.05, 0.1) is 0 Å². The first kappa shape index (κ1) is 12.2. The molecule has 0 bridgehead atoms. The number of hydrogen-bond donors (Lipinski definition) is 1. The van der Waals surface area contributed by atoms with Crippen molar-refractivity contribution in [2.45, 2.75) is 12.8 Å². The van der Waals surface area contributed by atoms with Gasteiger partial charge in [-0.3, -0.25) is 0 Å². The van der Waals surface area contributed by atoms with Gasteiger partial charge in [-0.15, -0.1) is 0 Å². The zero-order chi connectivity index (χ0) is 11.9. The second kappa shape index (κ2) is 6.45. The molecule has 0 spiro atoms. The Morgan fingerprint density at radius 1 is 0.941 bits per heavy atom. The lowest BCUT2D eigenvalue weighted by molar-refractivity contribution is 0.862. The SMILES string of the molecule is Brc1cccc(CCCNc2ccccc2)c1. The summed E-state index contributed by atoms with van der Waals surface area (Å²) in [6.07, 6.45) is 2.25. The molecule has 2 heteroatoms.